The van der Waals surface area contributed by atoms with Gasteiger partial charge in [-0.25, -0.2) is 4.98 Å². The van der Waals surface area contributed by atoms with E-state index in [1.54, 1.807) is 57.6 Å². The SMILES string of the molecule is COc1ccc(OC)c(/C=C/C(=O)Nc2cc(C)nn2-c2ncc(Cl)cc2Cl)c1. The van der Waals surface area contributed by atoms with Crippen LogP contribution in [-0.2, 0) is 4.79 Å². The predicted octanol–water partition coefficient (Wildman–Crippen LogP) is 4.55. The van der Waals surface area contributed by atoms with Gasteiger partial charge in [0.25, 0.3) is 0 Å². The van der Waals surface area contributed by atoms with Crippen molar-refractivity contribution in [2.45, 2.75) is 6.92 Å². The molecule has 1 amide bonds. The fourth-order valence-electron chi connectivity index (χ4n) is 2.62. The molecule has 29 heavy (non-hydrogen) atoms. The second-order valence-corrected chi connectivity index (χ2v) is 6.82. The number of halogens is 2. The topological polar surface area (TPSA) is 78.3 Å². The Hall–Kier alpha value is -3.03. The molecular weight excluding hydrogens is 415 g/mol. The molecule has 0 atom stereocenters. The smallest absolute Gasteiger partial charge is 0.249 e. The second kappa shape index (κ2) is 8.98. The van der Waals surface area contributed by atoms with Gasteiger partial charge in [0.2, 0.25) is 5.91 Å². The van der Waals surface area contributed by atoms with Gasteiger partial charge in [-0.3, -0.25) is 4.79 Å². The Labute approximate surface area is 177 Å². The molecule has 2 heterocycles. The van der Waals surface area contributed by atoms with Gasteiger partial charge in [-0.05, 0) is 37.3 Å². The van der Waals surface area contributed by atoms with E-state index in [0.29, 0.717) is 44.4 Å². The lowest BCUT2D eigenvalue weighted by molar-refractivity contribution is -0.111. The summed E-state index contributed by atoms with van der Waals surface area (Å²) in [5.74, 6) is 1.70. The molecule has 0 aliphatic carbocycles. The van der Waals surface area contributed by atoms with Crippen LogP contribution in [-0.4, -0.2) is 34.9 Å². The summed E-state index contributed by atoms with van der Waals surface area (Å²) < 4.78 is 12.0. The van der Waals surface area contributed by atoms with Crippen molar-refractivity contribution in [2.24, 2.45) is 0 Å². The standard InChI is InChI=1S/C20H18Cl2N4O3/c1-12-8-18(26(25-12)20-16(22)10-14(21)11-23-20)24-19(27)7-4-13-9-15(28-2)5-6-17(13)29-3/h4-11H,1-3H3,(H,24,27)/b7-4+. The minimum Gasteiger partial charge on any atom is -0.497 e. The molecule has 1 N–H and O–H groups in total. The first-order valence-electron chi connectivity index (χ1n) is 8.50. The van der Waals surface area contributed by atoms with E-state index in [1.165, 1.54) is 17.0 Å². The maximum atomic E-state index is 12.5. The average Bonchev–Trinajstić information content (AvgIpc) is 3.05. The Morgan fingerprint density at radius 3 is 2.66 bits per heavy atom. The zero-order chi connectivity index (χ0) is 21.0. The Morgan fingerprint density at radius 1 is 1.17 bits per heavy atom. The van der Waals surface area contributed by atoms with Crippen molar-refractivity contribution in [3.63, 3.8) is 0 Å². The Bertz CT molecular complexity index is 1080. The highest BCUT2D eigenvalue weighted by Crippen LogP contribution is 2.26. The minimum absolute atomic E-state index is 0.313. The van der Waals surface area contributed by atoms with Crippen LogP contribution in [0.3, 0.4) is 0 Å². The van der Waals surface area contributed by atoms with Crippen molar-refractivity contribution < 1.29 is 14.3 Å². The van der Waals surface area contributed by atoms with Crippen LogP contribution in [0.1, 0.15) is 11.3 Å². The zero-order valence-electron chi connectivity index (χ0n) is 15.9. The van der Waals surface area contributed by atoms with E-state index in [1.807, 2.05) is 0 Å². The highest BCUT2D eigenvalue weighted by Gasteiger charge is 2.14. The molecule has 7 nitrogen and oxygen atoms in total. The summed E-state index contributed by atoms with van der Waals surface area (Å²) in [5, 5.41) is 7.84. The van der Waals surface area contributed by atoms with Gasteiger partial charge in [0, 0.05) is 23.9 Å². The van der Waals surface area contributed by atoms with Crippen LogP contribution in [0.5, 0.6) is 11.5 Å². The van der Waals surface area contributed by atoms with Gasteiger partial charge in [0.05, 0.1) is 30.0 Å². The van der Waals surface area contributed by atoms with Crippen molar-refractivity contribution in [1.29, 1.82) is 0 Å². The Morgan fingerprint density at radius 2 is 1.97 bits per heavy atom. The normalized spacial score (nSPS) is 10.9. The lowest BCUT2D eigenvalue weighted by Gasteiger charge is -2.09. The summed E-state index contributed by atoms with van der Waals surface area (Å²) in [4.78, 5) is 16.7. The van der Waals surface area contributed by atoms with Crippen LogP contribution in [0, 0.1) is 6.92 Å². The maximum Gasteiger partial charge on any atom is 0.249 e. The number of nitrogens with one attached hydrogen (secondary N) is 1. The summed E-state index contributed by atoms with van der Waals surface area (Å²) in [6.07, 6.45) is 4.49. The Balaban J connectivity index is 1.84. The number of carbonyl (C=O) groups excluding carboxylic acids is 1. The molecule has 150 valence electrons. The van der Waals surface area contributed by atoms with Crippen molar-refractivity contribution in [3.8, 4) is 17.3 Å². The molecule has 0 bridgehead atoms. The van der Waals surface area contributed by atoms with Crippen molar-refractivity contribution in [1.82, 2.24) is 14.8 Å². The maximum absolute atomic E-state index is 12.5. The molecule has 9 heteroatoms. The number of benzene rings is 1. The lowest BCUT2D eigenvalue weighted by atomic mass is 10.1. The third kappa shape index (κ3) is 4.88. The fourth-order valence-corrected chi connectivity index (χ4v) is 3.08. The van der Waals surface area contributed by atoms with Gasteiger partial charge in [-0.15, -0.1) is 0 Å². The number of amides is 1. The summed E-state index contributed by atoms with van der Waals surface area (Å²) in [5.41, 5.74) is 1.39. The number of ether oxygens (including phenoxy) is 2. The van der Waals surface area contributed by atoms with Crippen LogP contribution in [0.25, 0.3) is 11.9 Å². The van der Waals surface area contributed by atoms with E-state index in [0.717, 1.165) is 0 Å². The quantitative estimate of drug-likeness (QED) is 0.577. The zero-order valence-corrected chi connectivity index (χ0v) is 17.5. The molecule has 3 aromatic rings. The van der Waals surface area contributed by atoms with Gasteiger partial charge in [0.15, 0.2) is 5.82 Å². The van der Waals surface area contributed by atoms with Gasteiger partial charge >= 0.3 is 0 Å². The van der Waals surface area contributed by atoms with Crippen molar-refractivity contribution in [3.05, 3.63) is 63.9 Å². The van der Waals surface area contributed by atoms with E-state index < -0.39 is 0 Å². The summed E-state index contributed by atoms with van der Waals surface area (Å²) >= 11 is 12.1. The fraction of sp³-hybridized carbons (Fsp3) is 0.150. The first-order valence-corrected chi connectivity index (χ1v) is 9.26. The number of methoxy groups -OCH3 is 2. The van der Waals surface area contributed by atoms with Crippen LogP contribution in [0.2, 0.25) is 10.0 Å². The van der Waals surface area contributed by atoms with Crippen molar-refractivity contribution in [2.75, 3.05) is 19.5 Å². The van der Waals surface area contributed by atoms with Crippen LogP contribution in [0.15, 0.2) is 42.6 Å². The summed E-state index contributed by atoms with van der Waals surface area (Å²) in [6, 6.07) is 8.59. The number of pyridine rings is 1. The molecule has 0 unspecified atom stereocenters. The number of carbonyl (C=O) groups is 1. The van der Waals surface area contributed by atoms with Crippen LogP contribution < -0.4 is 14.8 Å². The minimum atomic E-state index is -0.360. The molecule has 2 aromatic heterocycles. The highest BCUT2D eigenvalue weighted by molar-refractivity contribution is 6.35. The van der Waals surface area contributed by atoms with Crippen LogP contribution >= 0.6 is 23.2 Å². The van der Waals surface area contributed by atoms with Gasteiger partial charge in [0.1, 0.15) is 17.3 Å². The number of rotatable bonds is 6. The number of aromatic nitrogens is 3. The summed E-state index contributed by atoms with van der Waals surface area (Å²) in [7, 11) is 3.13. The largest absolute Gasteiger partial charge is 0.497 e. The monoisotopic (exact) mass is 432 g/mol. The first-order chi connectivity index (χ1) is 13.9. The molecule has 0 saturated carbocycles. The van der Waals surface area contributed by atoms with Gasteiger partial charge < -0.3 is 14.8 Å². The van der Waals surface area contributed by atoms with Gasteiger partial charge in [-0.1, -0.05) is 23.2 Å². The number of nitrogens with zero attached hydrogens (tertiary/aromatic N) is 3. The van der Waals surface area contributed by atoms with Crippen molar-refractivity contribution >= 4 is 41.0 Å². The predicted molar refractivity (Wildman–Crippen MR) is 113 cm³/mol. The lowest BCUT2D eigenvalue weighted by Crippen LogP contribution is -2.13. The second-order valence-electron chi connectivity index (χ2n) is 5.97. The van der Waals surface area contributed by atoms with Crippen LogP contribution in [0.4, 0.5) is 5.82 Å². The van der Waals surface area contributed by atoms with E-state index in [4.69, 9.17) is 32.7 Å². The molecule has 0 aliphatic heterocycles. The molecule has 0 fully saturated rings. The van der Waals surface area contributed by atoms with E-state index in [-0.39, 0.29) is 5.91 Å². The number of hydrogen-bond acceptors (Lipinski definition) is 5. The molecule has 3 rings (SSSR count). The third-order valence-corrected chi connectivity index (χ3v) is 4.41. The van der Waals surface area contributed by atoms with Gasteiger partial charge in [-0.2, -0.15) is 9.78 Å². The Kier molecular flexibility index (Phi) is 6.41. The van der Waals surface area contributed by atoms with E-state index in [9.17, 15) is 4.79 Å². The molecule has 0 saturated heterocycles. The number of hydrogen-bond donors (Lipinski definition) is 1. The molecule has 0 radical (unpaired) electrons. The van der Waals surface area contributed by atoms with E-state index in [2.05, 4.69) is 15.4 Å². The highest BCUT2D eigenvalue weighted by atomic mass is 35.5. The molecule has 1 aromatic carbocycles. The third-order valence-electron chi connectivity index (χ3n) is 3.92. The average molecular weight is 433 g/mol. The molecular formula is C20H18Cl2N4O3. The summed E-state index contributed by atoms with van der Waals surface area (Å²) in [6.45, 7) is 1.80. The molecule has 0 spiro atoms. The van der Waals surface area contributed by atoms with E-state index >= 15 is 0 Å². The number of aryl methyl sites for hydroxylation is 1. The first kappa shape index (κ1) is 20.7. The molecule has 0 aliphatic rings. The number of anilines is 1.